The fourth-order valence-corrected chi connectivity index (χ4v) is 3.36. The summed E-state index contributed by atoms with van der Waals surface area (Å²) in [6, 6.07) is 12.7. The number of carbonyl (C=O) groups excluding carboxylic acids is 1. The van der Waals surface area contributed by atoms with Crippen LogP contribution in [0.5, 0.6) is 5.75 Å². The van der Waals surface area contributed by atoms with Crippen molar-refractivity contribution in [1.82, 2.24) is 4.98 Å². The van der Waals surface area contributed by atoms with Gasteiger partial charge in [-0.05, 0) is 48.2 Å². The first-order chi connectivity index (χ1) is 11.6. The van der Waals surface area contributed by atoms with E-state index < -0.39 is 0 Å². The molecular formula is C18H17N3O2S. The number of nitrogens with zero attached hydrogens (tertiary/aromatic N) is 1. The first-order valence-electron chi connectivity index (χ1n) is 7.35. The van der Waals surface area contributed by atoms with Gasteiger partial charge in [0, 0.05) is 10.4 Å². The van der Waals surface area contributed by atoms with Gasteiger partial charge in [-0.1, -0.05) is 12.1 Å². The number of hydrogen-bond acceptors (Lipinski definition) is 5. The van der Waals surface area contributed by atoms with Crippen molar-refractivity contribution in [2.24, 2.45) is 0 Å². The molecule has 0 aliphatic rings. The molecule has 3 aromatic rings. The Labute approximate surface area is 144 Å². The number of carbonyl (C=O) groups is 1. The number of nitrogens with one attached hydrogen (secondary N) is 1. The summed E-state index contributed by atoms with van der Waals surface area (Å²) in [5, 5.41) is 4.77. The van der Waals surface area contributed by atoms with Gasteiger partial charge in [-0.25, -0.2) is 4.98 Å². The van der Waals surface area contributed by atoms with Gasteiger partial charge in [-0.3, -0.25) is 4.79 Å². The molecule has 0 fully saturated rings. The molecule has 2 aromatic heterocycles. The maximum atomic E-state index is 12.4. The number of pyridine rings is 1. The zero-order chi connectivity index (χ0) is 17.1. The predicted molar refractivity (Wildman–Crippen MR) is 97.6 cm³/mol. The number of nitrogens with two attached hydrogens (primary N) is 1. The lowest BCUT2D eigenvalue weighted by atomic mass is 10.1. The number of benzene rings is 1. The molecule has 5 nitrogen and oxygen atoms in total. The van der Waals surface area contributed by atoms with Gasteiger partial charge in [0.2, 0.25) is 0 Å². The van der Waals surface area contributed by atoms with Crippen molar-refractivity contribution >= 4 is 28.9 Å². The second kappa shape index (κ2) is 6.72. The van der Waals surface area contributed by atoms with Gasteiger partial charge in [0.15, 0.2) is 0 Å². The lowest BCUT2D eigenvalue weighted by Crippen LogP contribution is -2.14. The number of hydrogen-bond donors (Lipinski definition) is 2. The van der Waals surface area contributed by atoms with Crippen molar-refractivity contribution in [1.29, 1.82) is 0 Å². The Bertz CT molecular complexity index is 889. The number of thiophene rings is 1. The smallest absolute Gasteiger partial charge is 0.260 e. The molecule has 1 amide bonds. The molecule has 0 saturated carbocycles. The summed E-state index contributed by atoms with van der Waals surface area (Å²) in [6.45, 7) is 2.03. The average Bonchev–Trinajstić information content (AvgIpc) is 3.00. The van der Waals surface area contributed by atoms with Crippen LogP contribution in [0.3, 0.4) is 0 Å². The first-order valence-corrected chi connectivity index (χ1v) is 8.23. The second-order valence-corrected chi connectivity index (χ2v) is 6.13. The number of nitrogen functional groups attached to an aromatic ring is 1. The standard InChI is InChI=1S/C18H17N3O2S/c1-11-9-10-24-16(11)13-7-8-15(20-17(13)19)21-18(22)12-5-3-4-6-14(12)23-2/h3-10H,1-2H3,(H3,19,20,21,22). The van der Waals surface area contributed by atoms with Gasteiger partial charge in [0.1, 0.15) is 17.4 Å². The number of methoxy groups -OCH3 is 1. The Hall–Kier alpha value is -2.86. The molecule has 0 unspecified atom stereocenters. The normalized spacial score (nSPS) is 10.4. The highest BCUT2D eigenvalue weighted by Gasteiger charge is 2.14. The number of aryl methyl sites for hydroxylation is 1. The van der Waals surface area contributed by atoms with E-state index in [2.05, 4.69) is 10.3 Å². The molecule has 122 valence electrons. The van der Waals surface area contributed by atoms with E-state index in [1.807, 2.05) is 30.5 Å². The van der Waals surface area contributed by atoms with E-state index in [1.165, 1.54) is 7.11 Å². The van der Waals surface area contributed by atoms with Crippen LogP contribution in [-0.4, -0.2) is 18.0 Å². The summed E-state index contributed by atoms with van der Waals surface area (Å²) in [6.07, 6.45) is 0. The van der Waals surface area contributed by atoms with Crippen LogP contribution in [0.2, 0.25) is 0 Å². The summed E-state index contributed by atoms with van der Waals surface area (Å²) >= 11 is 1.61. The Morgan fingerprint density at radius 3 is 2.67 bits per heavy atom. The van der Waals surface area contributed by atoms with Crippen LogP contribution in [0.15, 0.2) is 47.8 Å². The number of amides is 1. The Balaban J connectivity index is 1.85. The number of rotatable bonds is 4. The highest BCUT2D eigenvalue weighted by Crippen LogP contribution is 2.33. The molecule has 0 radical (unpaired) electrons. The zero-order valence-electron chi connectivity index (χ0n) is 13.4. The van der Waals surface area contributed by atoms with E-state index in [9.17, 15) is 4.79 Å². The molecule has 0 saturated heterocycles. The maximum Gasteiger partial charge on any atom is 0.260 e. The molecule has 0 aliphatic carbocycles. The van der Waals surface area contributed by atoms with Crippen molar-refractivity contribution in [2.45, 2.75) is 6.92 Å². The Morgan fingerprint density at radius 1 is 1.21 bits per heavy atom. The number of aromatic nitrogens is 1. The summed E-state index contributed by atoms with van der Waals surface area (Å²) in [7, 11) is 1.53. The molecule has 0 aliphatic heterocycles. The second-order valence-electron chi connectivity index (χ2n) is 5.22. The highest BCUT2D eigenvalue weighted by molar-refractivity contribution is 7.13. The van der Waals surface area contributed by atoms with E-state index in [0.29, 0.717) is 22.9 Å². The van der Waals surface area contributed by atoms with Crippen molar-refractivity contribution in [3.05, 3.63) is 59.0 Å². The fourth-order valence-electron chi connectivity index (χ4n) is 2.40. The molecule has 24 heavy (non-hydrogen) atoms. The van der Waals surface area contributed by atoms with Gasteiger partial charge >= 0.3 is 0 Å². The largest absolute Gasteiger partial charge is 0.496 e. The van der Waals surface area contributed by atoms with Crippen molar-refractivity contribution in [3.8, 4) is 16.2 Å². The fraction of sp³-hybridized carbons (Fsp3) is 0.111. The lowest BCUT2D eigenvalue weighted by Gasteiger charge is -2.10. The molecule has 0 spiro atoms. The SMILES string of the molecule is COc1ccccc1C(=O)Nc1ccc(-c2sccc2C)c(N)n1. The third-order valence-corrected chi connectivity index (χ3v) is 4.67. The molecule has 1 aromatic carbocycles. The van der Waals surface area contributed by atoms with Gasteiger partial charge in [-0.15, -0.1) is 11.3 Å². The van der Waals surface area contributed by atoms with Crippen LogP contribution in [0, 0.1) is 6.92 Å². The predicted octanol–water partition coefficient (Wildman–Crippen LogP) is 3.96. The van der Waals surface area contributed by atoms with E-state index >= 15 is 0 Å². The molecule has 0 bridgehead atoms. The summed E-state index contributed by atoms with van der Waals surface area (Å²) in [5.41, 5.74) is 8.54. The summed E-state index contributed by atoms with van der Waals surface area (Å²) < 4.78 is 5.20. The van der Waals surface area contributed by atoms with Crippen LogP contribution >= 0.6 is 11.3 Å². The van der Waals surface area contributed by atoms with Gasteiger partial charge in [0.25, 0.3) is 5.91 Å². The molecule has 0 atom stereocenters. The minimum atomic E-state index is -0.292. The van der Waals surface area contributed by atoms with Crippen LogP contribution in [0.4, 0.5) is 11.6 Å². The third-order valence-electron chi connectivity index (χ3n) is 3.62. The molecule has 3 rings (SSSR count). The minimum absolute atomic E-state index is 0.292. The van der Waals surface area contributed by atoms with Crippen molar-refractivity contribution < 1.29 is 9.53 Å². The molecule has 3 N–H and O–H groups in total. The lowest BCUT2D eigenvalue weighted by molar-refractivity contribution is 0.102. The zero-order valence-corrected chi connectivity index (χ0v) is 14.2. The van der Waals surface area contributed by atoms with Gasteiger partial charge < -0.3 is 15.8 Å². The van der Waals surface area contributed by atoms with Crippen LogP contribution in [0.25, 0.3) is 10.4 Å². The van der Waals surface area contributed by atoms with Crippen LogP contribution in [-0.2, 0) is 0 Å². The quantitative estimate of drug-likeness (QED) is 0.754. The topological polar surface area (TPSA) is 77.2 Å². The monoisotopic (exact) mass is 339 g/mol. The van der Waals surface area contributed by atoms with Crippen LogP contribution < -0.4 is 15.8 Å². The maximum absolute atomic E-state index is 12.4. The summed E-state index contributed by atoms with van der Waals surface area (Å²) in [5.74, 6) is 1.01. The van der Waals surface area contributed by atoms with Crippen molar-refractivity contribution in [3.63, 3.8) is 0 Å². The van der Waals surface area contributed by atoms with E-state index in [0.717, 1.165) is 16.0 Å². The van der Waals surface area contributed by atoms with Gasteiger partial charge in [0.05, 0.1) is 12.7 Å². The number of para-hydroxylation sites is 1. The molecule has 2 heterocycles. The first kappa shape index (κ1) is 16.0. The average molecular weight is 339 g/mol. The molecule has 6 heteroatoms. The van der Waals surface area contributed by atoms with E-state index in [4.69, 9.17) is 10.5 Å². The number of ether oxygens (including phenoxy) is 1. The van der Waals surface area contributed by atoms with Crippen molar-refractivity contribution in [2.75, 3.05) is 18.2 Å². The molecular weight excluding hydrogens is 322 g/mol. The Kier molecular flexibility index (Phi) is 4.48. The Morgan fingerprint density at radius 2 is 2.00 bits per heavy atom. The third kappa shape index (κ3) is 3.09. The van der Waals surface area contributed by atoms with Gasteiger partial charge in [-0.2, -0.15) is 0 Å². The summed E-state index contributed by atoms with van der Waals surface area (Å²) in [4.78, 5) is 17.8. The van der Waals surface area contributed by atoms with E-state index in [-0.39, 0.29) is 5.91 Å². The van der Waals surface area contributed by atoms with E-state index in [1.54, 1.807) is 35.6 Å². The highest BCUT2D eigenvalue weighted by atomic mass is 32.1. The minimum Gasteiger partial charge on any atom is -0.496 e. The van der Waals surface area contributed by atoms with Crippen LogP contribution in [0.1, 0.15) is 15.9 Å². The number of anilines is 2.